The minimum atomic E-state index is -0.596. The number of hydrogen-bond donors (Lipinski definition) is 1. The maximum Gasteiger partial charge on any atom is 0.322 e. The summed E-state index contributed by atoms with van der Waals surface area (Å²) in [6, 6.07) is 0. The highest BCUT2D eigenvalue weighted by atomic mass is 79.9. The fourth-order valence-electron chi connectivity index (χ4n) is 0.689. The van der Waals surface area contributed by atoms with Crippen molar-refractivity contribution in [1.82, 2.24) is 5.32 Å². The van der Waals surface area contributed by atoms with Crippen molar-refractivity contribution in [2.24, 2.45) is 0 Å². The molecule has 0 radical (unpaired) electrons. The number of carbonyl (C=O) groups is 1. The van der Waals surface area contributed by atoms with E-state index in [1.54, 1.807) is 13.8 Å². The highest BCUT2D eigenvalue weighted by Gasteiger charge is 2.24. The first-order valence-corrected chi connectivity index (χ1v) is 5.34. The zero-order valence-electron chi connectivity index (χ0n) is 9.02. The molecule has 0 bridgehead atoms. The second kappa shape index (κ2) is 6.19. The Morgan fingerprint density at radius 3 is 2.57 bits per heavy atom. The third kappa shape index (κ3) is 7.09. The minimum Gasteiger partial charge on any atom is -0.463 e. The molecule has 0 aliphatic carbocycles. The zero-order chi connectivity index (χ0) is 11.2. The number of alkyl halides is 1. The summed E-state index contributed by atoms with van der Waals surface area (Å²) in [5.41, 5.74) is 1.07. The Kier molecular flexibility index (Phi) is 6.04. The van der Waals surface area contributed by atoms with Gasteiger partial charge in [-0.2, -0.15) is 0 Å². The van der Waals surface area contributed by atoms with Crippen molar-refractivity contribution >= 4 is 21.9 Å². The molecule has 0 rings (SSSR count). The van der Waals surface area contributed by atoms with E-state index >= 15 is 0 Å². The molecule has 82 valence electrons. The quantitative estimate of drug-likeness (QED) is 0.344. The van der Waals surface area contributed by atoms with E-state index in [1.807, 2.05) is 6.92 Å². The molecule has 0 atom stereocenters. The molecule has 4 heteroatoms. The van der Waals surface area contributed by atoms with Crippen LogP contribution in [-0.2, 0) is 9.53 Å². The molecule has 0 heterocycles. The van der Waals surface area contributed by atoms with E-state index in [-0.39, 0.29) is 5.97 Å². The van der Waals surface area contributed by atoms with Gasteiger partial charge in [0.1, 0.15) is 10.9 Å². The fourth-order valence-corrected chi connectivity index (χ4v) is 0.804. The summed E-state index contributed by atoms with van der Waals surface area (Å²) in [6.45, 7) is 11.0. The van der Waals surface area contributed by atoms with Crippen molar-refractivity contribution in [3.63, 3.8) is 0 Å². The Morgan fingerprint density at radius 2 is 2.14 bits per heavy atom. The van der Waals surface area contributed by atoms with Gasteiger partial charge in [-0.1, -0.05) is 28.1 Å². The molecule has 0 unspecified atom stereocenters. The number of halogens is 1. The number of esters is 1. The number of nitrogens with one attached hydrogen (secondary N) is 1. The fraction of sp³-hybridized carbons (Fsp3) is 0.700. The second-order valence-electron chi connectivity index (χ2n) is 3.74. The van der Waals surface area contributed by atoms with E-state index in [4.69, 9.17) is 4.74 Å². The summed E-state index contributed by atoms with van der Waals surface area (Å²) >= 11 is 3.23. The molecule has 1 N–H and O–H groups in total. The average molecular weight is 264 g/mol. The standard InChI is InChI=1S/C10H18BrNO2/c1-8(2)7-12-5-6-14-9(13)10(3,4)11/h12H,1,5-7H2,2-4H3. The van der Waals surface area contributed by atoms with Crippen LogP contribution in [0.4, 0.5) is 0 Å². The molecular weight excluding hydrogens is 246 g/mol. The first-order chi connectivity index (χ1) is 6.34. The lowest BCUT2D eigenvalue weighted by Crippen LogP contribution is -2.30. The third-order valence-corrected chi connectivity index (χ3v) is 1.75. The van der Waals surface area contributed by atoms with Crippen molar-refractivity contribution in [3.8, 4) is 0 Å². The van der Waals surface area contributed by atoms with Crippen molar-refractivity contribution in [2.75, 3.05) is 19.7 Å². The van der Waals surface area contributed by atoms with Gasteiger partial charge < -0.3 is 10.1 Å². The number of hydrogen-bond acceptors (Lipinski definition) is 3. The van der Waals surface area contributed by atoms with Crippen LogP contribution in [0.2, 0.25) is 0 Å². The van der Waals surface area contributed by atoms with Gasteiger partial charge in [0.25, 0.3) is 0 Å². The summed E-state index contributed by atoms with van der Waals surface area (Å²) < 4.78 is 4.41. The molecule has 0 spiro atoms. The van der Waals surface area contributed by atoms with Crippen molar-refractivity contribution in [1.29, 1.82) is 0 Å². The Bertz CT molecular complexity index is 209. The molecule has 0 aliphatic rings. The lowest BCUT2D eigenvalue weighted by atomic mass is 10.2. The molecule has 3 nitrogen and oxygen atoms in total. The lowest BCUT2D eigenvalue weighted by molar-refractivity contribution is -0.145. The average Bonchev–Trinajstić information content (AvgIpc) is 2.01. The van der Waals surface area contributed by atoms with E-state index in [0.717, 1.165) is 12.1 Å². The van der Waals surface area contributed by atoms with E-state index in [1.165, 1.54) is 0 Å². The van der Waals surface area contributed by atoms with Crippen LogP contribution in [0, 0.1) is 0 Å². The second-order valence-corrected chi connectivity index (χ2v) is 5.72. The van der Waals surface area contributed by atoms with Gasteiger partial charge in [0.15, 0.2) is 0 Å². The minimum absolute atomic E-state index is 0.241. The Hall–Kier alpha value is -0.350. The molecule has 0 aromatic rings. The summed E-state index contributed by atoms with van der Waals surface area (Å²) in [6.07, 6.45) is 0. The number of carbonyl (C=O) groups excluding carboxylic acids is 1. The lowest BCUT2D eigenvalue weighted by Gasteiger charge is -2.14. The normalized spacial score (nSPS) is 11.1. The number of ether oxygens (including phenoxy) is 1. The maximum atomic E-state index is 11.2. The van der Waals surface area contributed by atoms with Gasteiger partial charge in [0.2, 0.25) is 0 Å². The van der Waals surface area contributed by atoms with E-state index in [9.17, 15) is 4.79 Å². The molecule has 0 aromatic carbocycles. The molecular formula is C10H18BrNO2. The molecule has 0 aromatic heterocycles. The van der Waals surface area contributed by atoms with E-state index < -0.39 is 4.32 Å². The first-order valence-electron chi connectivity index (χ1n) is 4.55. The van der Waals surface area contributed by atoms with Crippen LogP contribution in [0.15, 0.2) is 12.2 Å². The predicted octanol–water partition coefficient (Wildman–Crippen LogP) is 1.87. The first kappa shape index (κ1) is 13.7. The summed E-state index contributed by atoms with van der Waals surface area (Å²) in [7, 11) is 0. The van der Waals surface area contributed by atoms with E-state index in [2.05, 4.69) is 27.8 Å². The summed E-state index contributed by atoms with van der Waals surface area (Å²) in [4.78, 5) is 11.2. The van der Waals surface area contributed by atoms with Crippen LogP contribution in [0.5, 0.6) is 0 Å². The Morgan fingerprint density at radius 1 is 1.57 bits per heavy atom. The van der Waals surface area contributed by atoms with Crippen LogP contribution in [0.3, 0.4) is 0 Å². The van der Waals surface area contributed by atoms with Crippen LogP contribution < -0.4 is 5.32 Å². The Labute approximate surface area is 94.0 Å². The van der Waals surface area contributed by atoms with Gasteiger partial charge >= 0.3 is 5.97 Å². The molecule has 0 saturated heterocycles. The SMILES string of the molecule is C=C(C)CNCCOC(=O)C(C)(C)Br. The number of rotatable bonds is 6. The van der Waals surface area contributed by atoms with Gasteiger partial charge in [-0.3, -0.25) is 4.79 Å². The van der Waals surface area contributed by atoms with Gasteiger partial charge in [-0.25, -0.2) is 0 Å². The molecule has 0 aliphatic heterocycles. The van der Waals surface area contributed by atoms with Crippen LogP contribution in [0.25, 0.3) is 0 Å². The molecule has 0 saturated carbocycles. The smallest absolute Gasteiger partial charge is 0.322 e. The highest BCUT2D eigenvalue weighted by molar-refractivity contribution is 9.10. The third-order valence-electron chi connectivity index (χ3n) is 1.42. The zero-order valence-corrected chi connectivity index (χ0v) is 10.6. The highest BCUT2D eigenvalue weighted by Crippen LogP contribution is 2.16. The van der Waals surface area contributed by atoms with Gasteiger partial charge in [-0.15, -0.1) is 0 Å². The van der Waals surface area contributed by atoms with Crippen molar-refractivity contribution in [2.45, 2.75) is 25.1 Å². The van der Waals surface area contributed by atoms with Gasteiger partial charge in [0, 0.05) is 13.1 Å². The molecule has 0 fully saturated rings. The molecule has 0 amide bonds. The van der Waals surface area contributed by atoms with Gasteiger partial charge in [0.05, 0.1) is 0 Å². The summed E-state index contributed by atoms with van der Waals surface area (Å²) in [5.74, 6) is -0.241. The maximum absolute atomic E-state index is 11.2. The van der Waals surface area contributed by atoms with Crippen LogP contribution >= 0.6 is 15.9 Å². The van der Waals surface area contributed by atoms with E-state index in [0.29, 0.717) is 13.2 Å². The van der Waals surface area contributed by atoms with Crippen molar-refractivity contribution < 1.29 is 9.53 Å². The predicted molar refractivity (Wildman–Crippen MR) is 61.6 cm³/mol. The topological polar surface area (TPSA) is 38.3 Å². The molecule has 14 heavy (non-hydrogen) atoms. The summed E-state index contributed by atoms with van der Waals surface area (Å²) in [5, 5.41) is 3.10. The van der Waals surface area contributed by atoms with Gasteiger partial charge in [-0.05, 0) is 20.8 Å². The monoisotopic (exact) mass is 263 g/mol. The van der Waals surface area contributed by atoms with Crippen LogP contribution in [-0.4, -0.2) is 30.0 Å². The Balaban J connectivity index is 3.46. The van der Waals surface area contributed by atoms with Crippen molar-refractivity contribution in [3.05, 3.63) is 12.2 Å². The van der Waals surface area contributed by atoms with Crippen LogP contribution in [0.1, 0.15) is 20.8 Å². The largest absolute Gasteiger partial charge is 0.463 e.